The van der Waals surface area contributed by atoms with Gasteiger partial charge >= 0.3 is 11.9 Å². The Morgan fingerprint density at radius 2 is 1.86 bits per heavy atom. The lowest BCUT2D eigenvalue weighted by Crippen LogP contribution is -2.35. The number of rotatable bonds is 11. The Hall–Kier alpha value is -3.80. The average Bonchev–Trinajstić information content (AvgIpc) is 3.27. The van der Waals surface area contributed by atoms with Gasteiger partial charge in [0.05, 0.1) is 34.6 Å². The number of carbonyl (C=O) groups is 4. The first-order valence-corrected chi connectivity index (χ1v) is 15.2. The van der Waals surface area contributed by atoms with Crippen molar-refractivity contribution < 1.29 is 33.0 Å². The zero-order valence-corrected chi connectivity index (χ0v) is 26.5. The largest absolute Gasteiger partial charge is 0.462 e. The molecular formula is C32H44FN5O6. The van der Waals surface area contributed by atoms with Crippen LogP contribution in [0.3, 0.4) is 0 Å². The molecule has 3 N–H and O–H groups in total. The highest BCUT2D eigenvalue weighted by Crippen LogP contribution is 2.39. The number of nitrogens with zero attached hydrogens (tertiary/aromatic N) is 3. The number of esters is 2. The molecule has 0 aliphatic heterocycles. The molecule has 1 atom stereocenters. The van der Waals surface area contributed by atoms with Gasteiger partial charge in [-0.3, -0.25) is 19.2 Å². The Morgan fingerprint density at radius 1 is 1.18 bits per heavy atom. The number of ether oxygens (including phenoxy) is 2. The van der Waals surface area contributed by atoms with Crippen LogP contribution in [0.4, 0.5) is 10.1 Å². The molecule has 2 aromatic rings. The predicted molar refractivity (Wildman–Crippen MR) is 162 cm³/mol. The maximum Gasteiger partial charge on any atom is 0.309 e. The SMILES string of the molecule is CCc1nn(-c2ccc(C(N)=O)c(NC3CCC(OC(=O)CC(CN(C)C)OC(C)=O)CC3)c2F)c2c1C(=O)CC(C)(C)C2. The van der Waals surface area contributed by atoms with Crippen molar-refractivity contribution in [2.24, 2.45) is 11.1 Å². The summed E-state index contributed by atoms with van der Waals surface area (Å²) in [4.78, 5) is 51.2. The van der Waals surface area contributed by atoms with Crippen LogP contribution in [0.25, 0.3) is 5.69 Å². The van der Waals surface area contributed by atoms with Crippen molar-refractivity contribution in [3.63, 3.8) is 0 Å². The van der Waals surface area contributed by atoms with E-state index in [1.54, 1.807) is 0 Å². The van der Waals surface area contributed by atoms with Crippen LogP contribution < -0.4 is 11.1 Å². The molecular weight excluding hydrogens is 569 g/mol. The molecule has 1 saturated carbocycles. The molecule has 12 heteroatoms. The maximum atomic E-state index is 16.3. The number of anilines is 1. The summed E-state index contributed by atoms with van der Waals surface area (Å²) in [6.07, 6.45) is 2.70. The molecule has 0 saturated heterocycles. The van der Waals surface area contributed by atoms with Gasteiger partial charge in [-0.25, -0.2) is 9.07 Å². The van der Waals surface area contributed by atoms with E-state index in [-0.39, 0.29) is 46.7 Å². The number of Topliss-reactive ketones (excluding diaryl/α,β-unsaturated/α-hetero) is 1. The summed E-state index contributed by atoms with van der Waals surface area (Å²) >= 11 is 0. The van der Waals surface area contributed by atoms with E-state index >= 15 is 4.39 Å². The van der Waals surface area contributed by atoms with Gasteiger partial charge in [0.15, 0.2) is 11.6 Å². The number of fused-ring (bicyclic) bond motifs is 1. The topological polar surface area (TPSA) is 146 Å². The molecule has 44 heavy (non-hydrogen) atoms. The number of nitrogens with two attached hydrogens (primary N) is 1. The van der Waals surface area contributed by atoms with Crippen LogP contribution in [0.5, 0.6) is 0 Å². The van der Waals surface area contributed by atoms with Crippen LogP contribution in [-0.4, -0.2) is 77.2 Å². The number of primary amides is 1. The lowest BCUT2D eigenvalue weighted by molar-refractivity contribution is -0.158. The molecule has 0 bridgehead atoms. The van der Waals surface area contributed by atoms with Crippen LogP contribution in [0.15, 0.2) is 12.1 Å². The van der Waals surface area contributed by atoms with Gasteiger partial charge in [0.2, 0.25) is 0 Å². The molecule has 1 aromatic heterocycles. The number of aryl methyl sites for hydroxylation is 1. The summed E-state index contributed by atoms with van der Waals surface area (Å²) in [5.41, 5.74) is 7.35. The third-order valence-corrected chi connectivity index (χ3v) is 8.18. The number of carbonyl (C=O) groups excluding carboxylic acids is 4. The molecule has 1 amide bonds. The van der Waals surface area contributed by atoms with E-state index in [2.05, 4.69) is 10.4 Å². The zero-order chi connectivity index (χ0) is 32.3. The zero-order valence-electron chi connectivity index (χ0n) is 26.5. The van der Waals surface area contributed by atoms with E-state index in [4.69, 9.17) is 15.2 Å². The normalized spacial score (nSPS) is 20.1. The van der Waals surface area contributed by atoms with E-state index in [0.717, 1.165) is 0 Å². The lowest BCUT2D eigenvalue weighted by atomic mass is 9.75. The highest BCUT2D eigenvalue weighted by atomic mass is 19.1. The number of amides is 1. The first kappa shape index (κ1) is 33.1. The Morgan fingerprint density at radius 3 is 2.45 bits per heavy atom. The highest BCUT2D eigenvalue weighted by molar-refractivity contribution is 6.00. The van der Waals surface area contributed by atoms with Crippen molar-refractivity contribution in [2.75, 3.05) is 26.0 Å². The molecule has 1 aromatic carbocycles. The molecule has 1 unspecified atom stereocenters. The van der Waals surface area contributed by atoms with E-state index < -0.39 is 29.8 Å². The van der Waals surface area contributed by atoms with Crippen molar-refractivity contribution in [2.45, 2.75) is 97.3 Å². The Bertz CT molecular complexity index is 1430. The molecule has 240 valence electrons. The van der Waals surface area contributed by atoms with Crippen molar-refractivity contribution >= 4 is 29.3 Å². The molecule has 1 heterocycles. The minimum absolute atomic E-state index is 0.00363. The second-order valence-corrected chi connectivity index (χ2v) is 13.0. The van der Waals surface area contributed by atoms with Crippen LogP contribution in [-0.2, 0) is 31.9 Å². The van der Waals surface area contributed by atoms with Crippen molar-refractivity contribution in [1.29, 1.82) is 0 Å². The maximum absolute atomic E-state index is 16.3. The number of hydrogen-bond acceptors (Lipinski definition) is 9. The van der Waals surface area contributed by atoms with Gasteiger partial charge in [-0.2, -0.15) is 5.10 Å². The molecule has 0 radical (unpaired) electrons. The quantitative estimate of drug-likeness (QED) is 0.360. The fraction of sp³-hybridized carbons (Fsp3) is 0.594. The first-order chi connectivity index (χ1) is 20.7. The first-order valence-electron chi connectivity index (χ1n) is 15.2. The molecule has 0 spiro atoms. The summed E-state index contributed by atoms with van der Waals surface area (Å²) in [5.74, 6) is -2.34. The third-order valence-electron chi connectivity index (χ3n) is 8.18. The molecule has 1 fully saturated rings. The summed E-state index contributed by atoms with van der Waals surface area (Å²) in [6.45, 7) is 7.62. The smallest absolute Gasteiger partial charge is 0.309 e. The van der Waals surface area contributed by atoms with Crippen LogP contribution in [0, 0.1) is 11.2 Å². The number of benzene rings is 1. The lowest BCUT2D eigenvalue weighted by Gasteiger charge is -2.31. The fourth-order valence-electron chi connectivity index (χ4n) is 6.28. The monoisotopic (exact) mass is 613 g/mol. The van der Waals surface area contributed by atoms with Gasteiger partial charge in [0.25, 0.3) is 5.91 Å². The van der Waals surface area contributed by atoms with Crippen LogP contribution in [0.2, 0.25) is 0 Å². The molecule has 11 nitrogen and oxygen atoms in total. The van der Waals surface area contributed by atoms with Gasteiger partial charge in [0, 0.05) is 25.9 Å². The Kier molecular flexibility index (Phi) is 10.1. The van der Waals surface area contributed by atoms with Gasteiger partial charge in [-0.1, -0.05) is 20.8 Å². The molecule has 2 aliphatic rings. The van der Waals surface area contributed by atoms with E-state index in [1.165, 1.54) is 23.7 Å². The second kappa shape index (κ2) is 13.5. The minimum atomic E-state index is -0.770. The van der Waals surface area contributed by atoms with E-state index in [0.29, 0.717) is 68.4 Å². The van der Waals surface area contributed by atoms with Crippen molar-refractivity contribution in [3.8, 4) is 5.69 Å². The number of ketones is 1. The van der Waals surface area contributed by atoms with Crippen molar-refractivity contribution in [1.82, 2.24) is 14.7 Å². The van der Waals surface area contributed by atoms with Crippen LogP contribution >= 0.6 is 0 Å². The van der Waals surface area contributed by atoms with Gasteiger partial charge in [-0.05, 0) is 70.2 Å². The fourth-order valence-corrected chi connectivity index (χ4v) is 6.28. The van der Waals surface area contributed by atoms with E-state index in [1.807, 2.05) is 39.8 Å². The summed E-state index contributed by atoms with van der Waals surface area (Å²) in [7, 11) is 3.65. The number of likely N-dealkylation sites (N-methyl/N-ethyl adjacent to an activating group) is 1. The summed E-state index contributed by atoms with van der Waals surface area (Å²) in [5, 5.41) is 7.84. The van der Waals surface area contributed by atoms with E-state index in [9.17, 15) is 19.2 Å². The Balaban J connectivity index is 1.50. The number of hydrogen-bond donors (Lipinski definition) is 2. The van der Waals surface area contributed by atoms with Crippen molar-refractivity contribution in [3.05, 3.63) is 40.5 Å². The van der Waals surface area contributed by atoms with Crippen LogP contribution in [0.1, 0.15) is 98.3 Å². The minimum Gasteiger partial charge on any atom is -0.462 e. The standard InChI is InChI=1S/C32H44FN5O6/c1-7-23-28-25(15-32(3,4)16-26(28)40)38(36-23)24-13-12-22(31(34)42)30(29(24)33)35-19-8-10-20(11-9-19)44-27(41)14-21(17-37(5)6)43-18(2)39/h12-13,19-21,35H,7-11,14-17H2,1-6H3,(H2,34,42). The van der Waals surface area contributed by atoms with Gasteiger partial charge in [0.1, 0.15) is 17.9 Å². The molecule has 2 aliphatic carbocycles. The number of halogens is 1. The molecule has 4 rings (SSSR count). The summed E-state index contributed by atoms with van der Waals surface area (Å²) in [6, 6.07) is 2.77. The number of aromatic nitrogens is 2. The third kappa shape index (κ3) is 7.64. The highest BCUT2D eigenvalue weighted by Gasteiger charge is 2.37. The Labute approximate surface area is 257 Å². The predicted octanol–water partition coefficient (Wildman–Crippen LogP) is 3.98. The second-order valence-electron chi connectivity index (χ2n) is 13.0. The average molecular weight is 614 g/mol. The van der Waals surface area contributed by atoms with Gasteiger partial charge in [-0.15, -0.1) is 0 Å². The van der Waals surface area contributed by atoms with Gasteiger partial charge < -0.3 is 25.4 Å². The summed E-state index contributed by atoms with van der Waals surface area (Å²) < 4.78 is 28.8. The number of nitrogens with one attached hydrogen (secondary N) is 1.